The maximum absolute atomic E-state index is 5.73. The second-order valence-corrected chi connectivity index (χ2v) is 6.11. The highest BCUT2D eigenvalue weighted by Crippen LogP contribution is 2.18. The lowest BCUT2D eigenvalue weighted by Crippen LogP contribution is -2.38. The molecule has 2 N–H and O–H groups in total. The Bertz CT molecular complexity index is 614. The molecule has 0 aliphatic carbocycles. The number of aliphatic imine (C=N–C) groups is 1. The van der Waals surface area contributed by atoms with E-state index in [1.165, 1.54) is 4.88 Å². The molecular formula is C18H25N3O2S. The van der Waals surface area contributed by atoms with Crippen LogP contribution in [-0.4, -0.2) is 32.8 Å². The minimum atomic E-state index is 0.643. The number of ether oxygens (including phenoxy) is 2. The van der Waals surface area contributed by atoms with Crippen LogP contribution in [0.3, 0.4) is 0 Å². The summed E-state index contributed by atoms with van der Waals surface area (Å²) in [6.45, 7) is 5.06. The van der Waals surface area contributed by atoms with Crippen molar-refractivity contribution >= 4 is 17.3 Å². The van der Waals surface area contributed by atoms with Crippen LogP contribution in [0.5, 0.6) is 11.5 Å². The Hall–Kier alpha value is -2.21. The smallest absolute Gasteiger partial charge is 0.191 e. The van der Waals surface area contributed by atoms with Gasteiger partial charge in [-0.1, -0.05) is 12.1 Å². The molecule has 1 aromatic heterocycles. The normalized spacial score (nSPS) is 11.2. The van der Waals surface area contributed by atoms with Crippen molar-refractivity contribution in [3.05, 3.63) is 46.7 Å². The van der Waals surface area contributed by atoms with Crippen LogP contribution in [0.2, 0.25) is 0 Å². The van der Waals surface area contributed by atoms with Crippen molar-refractivity contribution in [3.8, 4) is 11.5 Å². The van der Waals surface area contributed by atoms with Crippen molar-refractivity contribution in [1.29, 1.82) is 0 Å². The lowest BCUT2D eigenvalue weighted by atomic mass is 10.3. The van der Waals surface area contributed by atoms with Gasteiger partial charge in [0.1, 0.15) is 11.5 Å². The van der Waals surface area contributed by atoms with Gasteiger partial charge in [0.2, 0.25) is 0 Å². The number of guanidine groups is 1. The van der Waals surface area contributed by atoms with Crippen LogP contribution in [0, 0.1) is 0 Å². The van der Waals surface area contributed by atoms with Gasteiger partial charge in [0.25, 0.3) is 0 Å². The topological polar surface area (TPSA) is 54.9 Å². The van der Waals surface area contributed by atoms with E-state index in [2.05, 4.69) is 34.0 Å². The summed E-state index contributed by atoms with van der Waals surface area (Å²) in [6, 6.07) is 11.8. The minimum absolute atomic E-state index is 0.643. The van der Waals surface area contributed by atoms with Crippen LogP contribution >= 0.6 is 11.3 Å². The zero-order chi connectivity index (χ0) is 17.0. The highest BCUT2D eigenvalue weighted by Gasteiger charge is 1.99. The molecule has 0 saturated carbocycles. The number of nitrogens with one attached hydrogen (secondary N) is 2. The van der Waals surface area contributed by atoms with E-state index in [0.29, 0.717) is 13.2 Å². The molecule has 0 fully saturated rings. The molecule has 6 heteroatoms. The summed E-state index contributed by atoms with van der Waals surface area (Å²) in [5.41, 5.74) is 0. The zero-order valence-corrected chi connectivity index (χ0v) is 15.1. The van der Waals surface area contributed by atoms with Crippen LogP contribution in [0.15, 0.2) is 46.8 Å². The molecule has 130 valence electrons. The molecule has 0 aliphatic rings. The Balaban J connectivity index is 1.69. The molecule has 5 nitrogen and oxygen atoms in total. The number of thiophene rings is 1. The molecule has 2 aromatic rings. The summed E-state index contributed by atoms with van der Waals surface area (Å²) in [4.78, 5) is 5.84. The average Bonchev–Trinajstić information content (AvgIpc) is 3.13. The standard InChI is InChI=1S/C18H25N3O2S/c1-3-19-18(21-14-17-9-5-12-24-17)20-10-6-11-23-16-8-4-7-15(13-16)22-2/h4-5,7-9,12-13H,3,6,10-11,14H2,1-2H3,(H2,19,20,21). The summed E-state index contributed by atoms with van der Waals surface area (Å²) in [6.07, 6.45) is 0.890. The zero-order valence-electron chi connectivity index (χ0n) is 14.2. The third-order valence-electron chi connectivity index (χ3n) is 3.24. The quantitative estimate of drug-likeness (QED) is 0.415. The molecule has 0 saturated heterocycles. The van der Waals surface area contributed by atoms with Crippen molar-refractivity contribution in [2.45, 2.75) is 19.9 Å². The lowest BCUT2D eigenvalue weighted by molar-refractivity contribution is 0.308. The van der Waals surface area contributed by atoms with Crippen molar-refractivity contribution in [2.75, 3.05) is 26.8 Å². The predicted octanol–water partition coefficient (Wildman–Crippen LogP) is 3.28. The fraction of sp³-hybridized carbons (Fsp3) is 0.389. The molecule has 0 radical (unpaired) electrons. The molecule has 24 heavy (non-hydrogen) atoms. The molecule has 1 aromatic carbocycles. The number of hydrogen-bond acceptors (Lipinski definition) is 4. The van der Waals surface area contributed by atoms with Crippen LogP contribution in [-0.2, 0) is 6.54 Å². The second-order valence-electron chi connectivity index (χ2n) is 5.08. The van der Waals surface area contributed by atoms with Gasteiger partial charge in [0.05, 0.1) is 20.3 Å². The Morgan fingerprint density at radius 2 is 2.04 bits per heavy atom. The third-order valence-corrected chi connectivity index (χ3v) is 4.10. The maximum Gasteiger partial charge on any atom is 0.191 e. The van der Waals surface area contributed by atoms with Gasteiger partial charge in [-0.15, -0.1) is 11.3 Å². The summed E-state index contributed by atoms with van der Waals surface area (Å²) < 4.78 is 10.9. The predicted molar refractivity (Wildman–Crippen MR) is 100 cm³/mol. The fourth-order valence-corrected chi connectivity index (χ4v) is 2.69. The van der Waals surface area contributed by atoms with Crippen LogP contribution in [0.4, 0.5) is 0 Å². The van der Waals surface area contributed by atoms with Gasteiger partial charge in [-0.3, -0.25) is 0 Å². The highest BCUT2D eigenvalue weighted by atomic mass is 32.1. The van der Waals surface area contributed by atoms with Gasteiger partial charge >= 0.3 is 0 Å². The van der Waals surface area contributed by atoms with E-state index in [1.54, 1.807) is 18.4 Å². The third kappa shape index (κ3) is 6.50. The van der Waals surface area contributed by atoms with E-state index in [4.69, 9.17) is 9.47 Å². The molecule has 2 rings (SSSR count). The molecule has 0 unspecified atom stereocenters. The molecule has 0 aliphatic heterocycles. The Labute approximate surface area is 147 Å². The molecule has 0 amide bonds. The van der Waals surface area contributed by atoms with E-state index in [9.17, 15) is 0 Å². The second kappa shape index (κ2) is 10.5. The average molecular weight is 347 g/mol. The van der Waals surface area contributed by atoms with Crippen molar-refractivity contribution in [1.82, 2.24) is 10.6 Å². The van der Waals surface area contributed by atoms with Crippen molar-refractivity contribution < 1.29 is 9.47 Å². The van der Waals surface area contributed by atoms with E-state index >= 15 is 0 Å². The maximum atomic E-state index is 5.73. The first-order valence-electron chi connectivity index (χ1n) is 8.13. The summed E-state index contributed by atoms with van der Waals surface area (Å²) in [5, 5.41) is 8.66. The Morgan fingerprint density at radius 1 is 1.17 bits per heavy atom. The van der Waals surface area contributed by atoms with Crippen LogP contribution in [0.1, 0.15) is 18.2 Å². The van der Waals surface area contributed by atoms with Gasteiger partial charge in [-0.2, -0.15) is 0 Å². The van der Waals surface area contributed by atoms with Gasteiger partial charge in [-0.05, 0) is 36.9 Å². The number of hydrogen-bond donors (Lipinski definition) is 2. The van der Waals surface area contributed by atoms with E-state index in [0.717, 1.165) is 37.0 Å². The van der Waals surface area contributed by atoms with Crippen LogP contribution in [0.25, 0.3) is 0 Å². The first-order chi connectivity index (χ1) is 11.8. The lowest BCUT2D eigenvalue weighted by Gasteiger charge is -2.12. The summed E-state index contributed by atoms with van der Waals surface area (Å²) >= 11 is 1.72. The van der Waals surface area contributed by atoms with Gasteiger partial charge in [-0.25, -0.2) is 4.99 Å². The van der Waals surface area contributed by atoms with Gasteiger partial charge in [0, 0.05) is 24.0 Å². The first-order valence-corrected chi connectivity index (χ1v) is 9.01. The Kier molecular flexibility index (Phi) is 7.97. The van der Waals surface area contributed by atoms with Gasteiger partial charge in [0.15, 0.2) is 5.96 Å². The van der Waals surface area contributed by atoms with E-state index in [-0.39, 0.29) is 0 Å². The van der Waals surface area contributed by atoms with Crippen LogP contribution < -0.4 is 20.1 Å². The molecule has 0 atom stereocenters. The number of methoxy groups -OCH3 is 1. The first kappa shape index (κ1) is 18.1. The number of benzene rings is 1. The minimum Gasteiger partial charge on any atom is -0.497 e. The fourth-order valence-electron chi connectivity index (χ4n) is 2.06. The molecule has 0 spiro atoms. The van der Waals surface area contributed by atoms with Gasteiger partial charge < -0.3 is 20.1 Å². The number of rotatable bonds is 9. The SMILES string of the molecule is CCNC(=NCc1cccs1)NCCCOc1cccc(OC)c1. The summed E-state index contributed by atoms with van der Waals surface area (Å²) in [5.74, 6) is 2.47. The Morgan fingerprint density at radius 3 is 2.79 bits per heavy atom. The molecule has 1 heterocycles. The van der Waals surface area contributed by atoms with Crippen molar-refractivity contribution in [2.24, 2.45) is 4.99 Å². The monoisotopic (exact) mass is 347 g/mol. The number of nitrogens with zero attached hydrogens (tertiary/aromatic N) is 1. The van der Waals surface area contributed by atoms with Crippen molar-refractivity contribution in [3.63, 3.8) is 0 Å². The molecular weight excluding hydrogens is 322 g/mol. The highest BCUT2D eigenvalue weighted by molar-refractivity contribution is 7.09. The molecule has 0 bridgehead atoms. The van der Waals surface area contributed by atoms with E-state index in [1.807, 2.05) is 30.3 Å². The largest absolute Gasteiger partial charge is 0.497 e. The summed E-state index contributed by atoms with van der Waals surface area (Å²) in [7, 11) is 1.65. The van der Waals surface area contributed by atoms with E-state index < -0.39 is 0 Å².